The van der Waals surface area contributed by atoms with Gasteiger partial charge in [-0.05, 0) is 38.4 Å². The van der Waals surface area contributed by atoms with E-state index in [1.54, 1.807) is 0 Å². The molecule has 0 saturated carbocycles. The van der Waals surface area contributed by atoms with Gasteiger partial charge < -0.3 is 16.4 Å². The van der Waals surface area contributed by atoms with Crippen LogP contribution in [0.1, 0.15) is 29.6 Å². The summed E-state index contributed by atoms with van der Waals surface area (Å²) in [5, 5.41) is 0. The molecule has 2 saturated heterocycles. The van der Waals surface area contributed by atoms with Gasteiger partial charge in [0.1, 0.15) is 5.82 Å². The first-order chi connectivity index (χ1) is 9.97. The lowest BCUT2D eigenvalue weighted by atomic mass is 10.1. The minimum atomic E-state index is -0.623. The Balaban J connectivity index is 1.93. The van der Waals surface area contributed by atoms with E-state index in [9.17, 15) is 9.18 Å². The highest BCUT2D eigenvalue weighted by molar-refractivity contribution is 5.99. The first-order valence-corrected chi connectivity index (χ1v) is 7.33. The van der Waals surface area contributed by atoms with Crippen molar-refractivity contribution in [3.05, 3.63) is 23.5 Å². The average molecular weight is 292 g/mol. The van der Waals surface area contributed by atoms with Crippen molar-refractivity contribution in [1.29, 1.82) is 0 Å². The lowest BCUT2D eigenvalue weighted by Crippen LogP contribution is -2.37. The van der Waals surface area contributed by atoms with E-state index in [0.717, 1.165) is 25.9 Å². The zero-order chi connectivity index (χ0) is 15.1. The van der Waals surface area contributed by atoms with Crippen molar-refractivity contribution in [3.8, 4) is 0 Å². The summed E-state index contributed by atoms with van der Waals surface area (Å²) in [6.45, 7) is 1.55. The van der Waals surface area contributed by atoms with E-state index >= 15 is 0 Å². The van der Waals surface area contributed by atoms with Crippen LogP contribution >= 0.6 is 0 Å². The fourth-order valence-electron chi connectivity index (χ4n) is 3.56. The molecule has 1 amide bonds. The summed E-state index contributed by atoms with van der Waals surface area (Å²) in [5.74, 6) is -1.01. The van der Waals surface area contributed by atoms with E-state index in [1.807, 2.05) is 4.90 Å². The van der Waals surface area contributed by atoms with Crippen LogP contribution in [0.5, 0.6) is 0 Å². The SMILES string of the molecule is CN1C2CCC1CN(c1cc(C(N)=O)c(N)cc1F)CC2. The van der Waals surface area contributed by atoms with Crippen molar-refractivity contribution in [1.82, 2.24) is 4.90 Å². The van der Waals surface area contributed by atoms with E-state index in [0.29, 0.717) is 17.8 Å². The summed E-state index contributed by atoms with van der Waals surface area (Å²) in [7, 11) is 2.14. The second-order valence-corrected chi connectivity index (χ2v) is 6.04. The van der Waals surface area contributed by atoms with E-state index < -0.39 is 11.7 Å². The molecule has 21 heavy (non-hydrogen) atoms. The normalized spacial score (nSPS) is 25.9. The van der Waals surface area contributed by atoms with Gasteiger partial charge in [-0.2, -0.15) is 0 Å². The molecule has 2 bridgehead atoms. The molecular weight excluding hydrogens is 271 g/mol. The zero-order valence-corrected chi connectivity index (χ0v) is 12.2. The fourth-order valence-corrected chi connectivity index (χ4v) is 3.56. The van der Waals surface area contributed by atoms with Crippen molar-refractivity contribution in [3.63, 3.8) is 0 Å². The zero-order valence-electron chi connectivity index (χ0n) is 12.2. The maximum Gasteiger partial charge on any atom is 0.250 e. The number of benzene rings is 1. The Bertz CT molecular complexity index is 577. The second-order valence-electron chi connectivity index (χ2n) is 6.04. The highest BCUT2D eigenvalue weighted by Crippen LogP contribution is 2.33. The molecule has 4 N–H and O–H groups in total. The van der Waals surface area contributed by atoms with Crippen LogP contribution < -0.4 is 16.4 Å². The molecule has 5 nitrogen and oxygen atoms in total. The number of nitrogens with zero attached hydrogens (tertiary/aromatic N) is 2. The van der Waals surface area contributed by atoms with Gasteiger partial charge in [0, 0.05) is 30.9 Å². The number of carbonyl (C=O) groups is 1. The van der Waals surface area contributed by atoms with Crippen LogP contribution in [0, 0.1) is 5.82 Å². The predicted molar refractivity (Wildman–Crippen MR) is 80.7 cm³/mol. The molecule has 2 atom stereocenters. The van der Waals surface area contributed by atoms with Crippen LogP contribution in [-0.2, 0) is 0 Å². The molecule has 6 heteroatoms. The summed E-state index contributed by atoms with van der Waals surface area (Å²) >= 11 is 0. The fraction of sp³-hybridized carbons (Fsp3) is 0.533. The van der Waals surface area contributed by atoms with Gasteiger partial charge in [-0.25, -0.2) is 4.39 Å². The summed E-state index contributed by atoms with van der Waals surface area (Å²) in [6, 6.07) is 3.70. The molecule has 0 spiro atoms. The van der Waals surface area contributed by atoms with Crippen molar-refractivity contribution in [2.75, 3.05) is 30.8 Å². The van der Waals surface area contributed by atoms with Gasteiger partial charge in [0.15, 0.2) is 0 Å². The number of likely N-dealkylation sites (N-methyl/N-ethyl adjacent to an activating group) is 1. The van der Waals surface area contributed by atoms with E-state index in [-0.39, 0.29) is 11.3 Å². The Labute approximate surface area is 123 Å². The van der Waals surface area contributed by atoms with Crippen LogP contribution in [0.3, 0.4) is 0 Å². The predicted octanol–water partition coefficient (Wildman–Crippen LogP) is 1.18. The molecule has 2 aliphatic heterocycles. The van der Waals surface area contributed by atoms with Gasteiger partial charge in [0.05, 0.1) is 11.3 Å². The van der Waals surface area contributed by atoms with Gasteiger partial charge in [-0.15, -0.1) is 0 Å². The Morgan fingerprint density at radius 2 is 2.00 bits per heavy atom. The molecule has 2 aliphatic rings. The van der Waals surface area contributed by atoms with Gasteiger partial charge in [0.25, 0.3) is 5.91 Å². The Hall–Kier alpha value is -1.82. The second kappa shape index (κ2) is 5.18. The number of anilines is 2. The summed E-state index contributed by atoms with van der Waals surface area (Å²) in [6.07, 6.45) is 3.35. The Morgan fingerprint density at radius 1 is 1.29 bits per heavy atom. The van der Waals surface area contributed by atoms with Crippen LogP contribution in [0.15, 0.2) is 12.1 Å². The summed E-state index contributed by atoms with van der Waals surface area (Å²) in [4.78, 5) is 15.8. The minimum absolute atomic E-state index is 0.0946. The molecule has 2 heterocycles. The molecular formula is C15H21FN4O. The third-order valence-electron chi connectivity index (χ3n) is 4.87. The smallest absolute Gasteiger partial charge is 0.250 e. The Morgan fingerprint density at radius 3 is 2.71 bits per heavy atom. The molecule has 2 fully saturated rings. The van der Waals surface area contributed by atoms with Crippen LogP contribution in [0.4, 0.5) is 15.8 Å². The number of halogens is 1. The molecule has 0 aromatic heterocycles. The first kappa shape index (κ1) is 14.1. The third kappa shape index (κ3) is 2.44. The number of hydrogen-bond acceptors (Lipinski definition) is 4. The van der Waals surface area contributed by atoms with Crippen molar-refractivity contribution in [2.24, 2.45) is 5.73 Å². The number of primary amides is 1. The Kier molecular flexibility index (Phi) is 3.49. The standard InChI is InChI=1S/C15H21FN4O/c1-19-9-2-3-10(19)8-20(5-4-9)14-6-11(15(18)21)13(17)7-12(14)16/h6-7,9-10H,2-5,8,17H2,1H3,(H2,18,21). The highest BCUT2D eigenvalue weighted by Gasteiger charge is 2.35. The van der Waals surface area contributed by atoms with Gasteiger partial charge in [-0.1, -0.05) is 0 Å². The number of carbonyl (C=O) groups excluding carboxylic acids is 1. The minimum Gasteiger partial charge on any atom is -0.398 e. The van der Waals surface area contributed by atoms with E-state index in [1.165, 1.54) is 18.6 Å². The van der Waals surface area contributed by atoms with E-state index in [2.05, 4.69) is 11.9 Å². The number of nitrogen functional groups attached to an aromatic ring is 1. The van der Waals surface area contributed by atoms with Crippen LogP contribution in [0.25, 0.3) is 0 Å². The number of fused-ring (bicyclic) bond motifs is 2. The van der Waals surface area contributed by atoms with Gasteiger partial charge in [-0.3, -0.25) is 9.69 Å². The molecule has 1 aromatic carbocycles. The first-order valence-electron chi connectivity index (χ1n) is 7.33. The third-order valence-corrected chi connectivity index (χ3v) is 4.87. The van der Waals surface area contributed by atoms with Crippen molar-refractivity contribution >= 4 is 17.3 Å². The highest BCUT2D eigenvalue weighted by atomic mass is 19.1. The molecule has 114 valence electrons. The number of amides is 1. The summed E-state index contributed by atoms with van der Waals surface area (Å²) in [5.41, 5.74) is 11.7. The number of hydrogen-bond donors (Lipinski definition) is 2. The number of nitrogens with two attached hydrogens (primary N) is 2. The molecule has 3 rings (SSSR count). The maximum atomic E-state index is 14.3. The lowest BCUT2D eigenvalue weighted by molar-refractivity contribution is 0.100. The maximum absolute atomic E-state index is 14.3. The number of rotatable bonds is 2. The largest absolute Gasteiger partial charge is 0.398 e. The quantitative estimate of drug-likeness (QED) is 0.803. The van der Waals surface area contributed by atoms with Crippen LogP contribution in [0.2, 0.25) is 0 Å². The summed E-state index contributed by atoms with van der Waals surface area (Å²) < 4.78 is 14.3. The van der Waals surface area contributed by atoms with Crippen molar-refractivity contribution < 1.29 is 9.18 Å². The molecule has 0 aliphatic carbocycles. The van der Waals surface area contributed by atoms with Crippen LogP contribution in [-0.4, -0.2) is 43.0 Å². The van der Waals surface area contributed by atoms with Crippen molar-refractivity contribution in [2.45, 2.75) is 31.3 Å². The van der Waals surface area contributed by atoms with Gasteiger partial charge in [0.2, 0.25) is 0 Å². The van der Waals surface area contributed by atoms with Gasteiger partial charge >= 0.3 is 0 Å². The molecule has 1 aromatic rings. The molecule has 2 unspecified atom stereocenters. The average Bonchev–Trinajstić information content (AvgIpc) is 2.64. The molecule has 0 radical (unpaired) electrons. The lowest BCUT2D eigenvalue weighted by Gasteiger charge is -2.28. The topological polar surface area (TPSA) is 75.6 Å². The van der Waals surface area contributed by atoms with E-state index in [4.69, 9.17) is 11.5 Å². The monoisotopic (exact) mass is 292 g/mol.